The highest BCUT2D eigenvalue weighted by Crippen LogP contribution is 2.30. The molecule has 0 aliphatic carbocycles. The van der Waals surface area contributed by atoms with Gasteiger partial charge < -0.3 is 19.7 Å². The van der Waals surface area contributed by atoms with E-state index < -0.39 is 11.5 Å². The molecule has 1 aromatic rings. The molecule has 0 spiro atoms. The van der Waals surface area contributed by atoms with Gasteiger partial charge in [0.15, 0.2) is 0 Å². The summed E-state index contributed by atoms with van der Waals surface area (Å²) in [4.78, 5) is 4.18. The number of aliphatic hydroxyl groups is 2. The molecule has 2 fully saturated rings. The summed E-state index contributed by atoms with van der Waals surface area (Å²) in [5.74, 6) is -1.79. The van der Waals surface area contributed by atoms with E-state index >= 15 is 0 Å². The van der Waals surface area contributed by atoms with Gasteiger partial charge >= 0.3 is 0 Å². The molecule has 2 aliphatic heterocycles. The van der Waals surface area contributed by atoms with E-state index in [9.17, 15) is 13.9 Å². The maximum Gasteiger partial charge on any atom is 0.250 e. The molecule has 1 aromatic carbocycles. The highest BCUT2D eigenvalue weighted by Gasteiger charge is 2.40. The maximum absolute atomic E-state index is 13.3. The number of ether oxygens (including phenoxy) is 2. The van der Waals surface area contributed by atoms with Crippen molar-refractivity contribution in [2.75, 3.05) is 59.2 Å². The highest BCUT2D eigenvalue weighted by atomic mass is 19.3. The van der Waals surface area contributed by atoms with Crippen LogP contribution in [0.4, 0.5) is 8.78 Å². The van der Waals surface area contributed by atoms with Crippen LogP contribution in [-0.4, -0.2) is 90.7 Å². The maximum atomic E-state index is 13.3. The SMILES string of the molecule is OCCOCCOc1ccc(CN2CC[C@@](O)(CN3CCC(F)(F)CC3)C2)cc1. The zero-order valence-electron chi connectivity index (χ0n) is 16.9. The summed E-state index contributed by atoms with van der Waals surface area (Å²) in [7, 11) is 0. The van der Waals surface area contributed by atoms with Crippen molar-refractivity contribution in [3.63, 3.8) is 0 Å². The van der Waals surface area contributed by atoms with Crippen LogP contribution in [0.15, 0.2) is 24.3 Å². The van der Waals surface area contributed by atoms with Crippen LogP contribution in [0, 0.1) is 0 Å². The Balaban J connectivity index is 1.40. The first-order valence-electron chi connectivity index (χ1n) is 10.3. The van der Waals surface area contributed by atoms with E-state index in [2.05, 4.69) is 4.90 Å². The van der Waals surface area contributed by atoms with Gasteiger partial charge in [-0.1, -0.05) is 12.1 Å². The predicted octanol–water partition coefficient (Wildman–Crippen LogP) is 1.74. The third-order valence-electron chi connectivity index (χ3n) is 5.58. The summed E-state index contributed by atoms with van der Waals surface area (Å²) < 4.78 is 37.4. The number of piperidine rings is 1. The number of alkyl halides is 2. The van der Waals surface area contributed by atoms with Crippen molar-refractivity contribution in [2.45, 2.75) is 37.3 Å². The molecule has 0 bridgehead atoms. The summed E-state index contributed by atoms with van der Waals surface area (Å²) in [6.07, 6.45) is 0.429. The van der Waals surface area contributed by atoms with Crippen molar-refractivity contribution in [3.8, 4) is 5.75 Å². The Hall–Kier alpha value is -1.32. The van der Waals surface area contributed by atoms with Crippen LogP contribution >= 0.6 is 0 Å². The number of nitrogens with zero attached hydrogens (tertiary/aromatic N) is 2. The van der Waals surface area contributed by atoms with Crippen molar-refractivity contribution in [1.29, 1.82) is 0 Å². The second-order valence-electron chi connectivity index (χ2n) is 8.15. The molecule has 2 heterocycles. The van der Waals surface area contributed by atoms with Crippen molar-refractivity contribution in [3.05, 3.63) is 29.8 Å². The topological polar surface area (TPSA) is 65.4 Å². The molecular formula is C21H32F2N2O4. The average molecular weight is 414 g/mol. The highest BCUT2D eigenvalue weighted by molar-refractivity contribution is 5.27. The van der Waals surface area contributed by atoms with E-state index in [1.165, 1.54) is 0 Å². The second kappa shape index (κ2) is 10.1. The van der Waals surface area contributed by atoms with Crippen molar-refractivity contribution in [1.82, 2.24) is 9.80 Å². The van der Waals surface area contributed by atoms with Crippen molar-refractivity contribution >= 4 is 0 Å². The molecule has 0 radical (unpaired) electrons. The van der Waals surface area contributed by atoms with Gasteiger partial charge in [0.05, 0.1) is 25.4 Å². The third-order valence-corrected chi connectivity index (χ3v) is 5.58. The number of hydrogen-bond donors (Lipinski definition) is 2. The lowest BCUT2D eigenvalue weighted by atomic mass is 10.00. The molecule has 0 amide bonds. The molecular weight excluding hydrogens is 382 g/mol. The van der Waals surface area contributed by atoms with Crippen molar-refractivity contribution in [2.24, 2.45) is 0 Å². The summed E-state index contributed by atoms with van der Waals surface area (Å²) in [5.41, 5.74) is 0.306. The minimum Gasteiger partial charge on any atom is -0.491 e. The van der Waals surface area contributed by atoms with Gasteiger partial charge in [-0.05, 0) is 24.1 Å². The summed E-state index contributed by atoms with van der Waals surface area (Å²) in [6, 6.07) is 7.84. The Morgan fingerprint density at radius 1 is 0.931 bits per heavy atom. The van der Waals surface area contributed by atoms with Crippen LogP contribution in [-0.2, 0) is 11.3 Å². The first-order valence-corrected chi connectivity index (χ1v) is 10.3. The number of likely N-dealkylation sites (tertiary alicyclic amines) is 2. The molecule has 0 unspecified atom stereocenters. The van der Waals surface area contributed by atoms with Gasteiger partial charge in [0.25, 0.3) is 5.92 Å². The second-order valence-corrected chi connectivity index (χ2v) is 8.15. The average Bonchev–Trinajstić information content (AvgIpc) is 3.05. The van der Waals surface area contributed by atoms with Crippen LogP contribution in [0.1, 0.15) is 24.8 Å². The van der Waals surface area contributed by atoms with E-state index in [1.807, 2.05) is 29.2 Å². The van der Waals surface area contributed by atoms with Crippen LogP contribution in [0.5, 0.6) is 5.75 Å². The zero-order valence-corrected chi connectivity index (χ0v) is 16.9. The van der Waals surface area contributed by atoms with Gasteiger partial charge in [0.1, 0.15) is 12.4 Å². The molecule has 3 rings (SSSR count). The van der Waals surface area contributed by atoms with Gasteiger partial charge in [0.2, 0.25) is 0 Å². The van der Waals surface area contributed by atoms with E-state index in [0.717, 1.165) is 24.4 Å². The molecule has 2 saturated heterocycles. The third kappa shape index (κ3) is 7.15. The van der Waals surface area contributed by atoms with E-state index in [0.29, 0.717) is 52.4 Å². The number of aliphatic hydroxyl groups excluding tert-OH is 1. The molecule has 8 heteroatoms. The Labute approximate surface area is 171 Å². The summed E-state index contributed by atoms with van der Waals surface area (Å²) >= 11 is 0. The lowest BCUT2D eigenvalue weighted by molar-refractivity contribution is -0.0724. The van der Waals surface area contributed by atoms with Gasteiger partial charge in [-0.25, -0.2) is 8.78 Å². The molecule has 6 nitrogen and oxygen atoms in total. The molecule has 0 saturated carbocycles. The van der Waals surface area contributed by atoms with Crippen LogP contribution in [0.25, 0.3) is 0 Å². The molecule has 1 atom stereocenters. The molecule has 2 aliphatic rings. The smallest absolute Gasteiger partial charge is 0.250 e. The fourth-order valence-corrected chi connectivity index (χ4v) is 3.99. The standard InChI is InChI=1S/C21H32F2N2O4/c22-21(23)6-9-24(10-7-21)16-20(27)5-8-25(17-20)15-18-1-3-19(4-2-18)29-14-13-28-12-11-26/h1-4,26-27H,5-17H2/t20-/m1/s1. The van der Waals surface area contributed by atoms with E-state index in [1.54, 1.807) is 0 Å². The van der Waals surface area contributed by atoms with Crippen molar-refractivity contribution < 1.29 is 28.5 Å². The largest absolute Gasteiger partial charge is 0.491 e. The molecule has 164 valence electrons. The summed E-state index contributed by atoms with van der Waals surface area (Å²) in [6.45, 7) is 4.43. The zero-order chi connectivity index (χ0) is 20.7. The monoisotopic (exact) mass is 414 g/mol. The van der Waals surface area contributed by atoms with E-state index in [4.69, 9.17) is 14.6 Å². The number of benzene rings is 1. The van der Waals surface area contributed by atoms with Gasteiger partial charge in [-0.2, -0.15) is 0 Å². The molecule has 0 aromatic heterocycles. The van der Waals surface area contributed by atoms with Crippen LogP contribution in [0.3, 0.4) is 0 Å². The number of β-amino-alcohol motifs (C(OH)–C–C–N with tert-alkyl or cyclic N) is 1. The fraction of sp³-hybridized carbons (Fsp3) is 0.714. The van der Waals surface area contributed by atoms with Gasteiger partial charge in [-0.15, -0.1) is 0 Å². The minimum atomic E-state index is -2.55. The molecule has 2 N–H and O–H groups in total. The number of rotatable bonds is 10. The lowest BCUT2D eigenvalue weighted by Gasteiger charge is -2.36. The Morgan fingerprint density at radius 2 is 1.62 bits per heavy atom. The molecule has 29 heavy (non-hydrogen) atoms. The summed E-state index contributed by atoms with van der Waals surface area (Å²) in [5, 5.41) is 19.6. The number of halogens is 2. The Kier molecular flexibility index (Phi) is 7.81. The van der Waals surface area contributed by atoms with E-state index in [-0.39, 0.29) is 19.4 Å². The van der Waals surface area contributed by atoms with Gasteiger partial charge in [-0.3, -0.25) is 9.80 Å². The fourth-order valence-electron chi connectivity index (χ4n) is 3.99. The van der Waals surface area contributed by atoms with Crippen LogP contribution in [0.2, 0.25) is 0 Å². The first-order chi connectivity index (χ1) is 13.9. The minimum absolute atomic E-state index is 0.00823. The van der Waals surface area contributed by atoms with Gasteiger partial charge in [0, 0.05) is 52.1 Å². The predicted molar refractivity (Wildman–Crippen MR) is 105 cm³/mol. The van der Waals surface area contributed by atoms with Crippen LogP contribution < -0.4 is 4.74 Å². The Morgan fingerprint density at radius 3 is 2.31 bits per heavy atom. The lowest BCUT2D eigenvalue weighted by Crippen LogP contribution is -2.49. The quantitative estimate of drug-likeness (QED) is 0.569. The Bertz CT molecular complexity index is 622. The first kappa shape index (κ1) is 22.4. The normalized spacial score (nSPS) is 25.4. The number of hydrogen-bond acceptors (Lipinski definition) is 6.